The first-order valence-electron chi connectivity index (χ1n) is 7.11. The first kappa shape index (κ1) is 15.6. The lowest BCUT2D eigenvalue weighted by atomic mass is 10.1. The second-order valence-corrected chi connectivity index (χ2v) is 6.26. The maximum atomic E-state index is 11.7. The third kappa shape index (κ3) is 3.47. The van der Waals surface area contributed by atoms with Crippen LogP contribution in [0, 0.1) is 0 Å². The van der Waals surface area contributed by atoms with Gasteiger partial charge in [0.05, 0.1) is 18.4 Å². The van der Waals surface area contributed by atoms with Crippen LogP contribution < -0.4 is 16.8 Å². The van der Waals surface area contributed by atoms with Crippen LogP contribution in [0.5, 0.6) is 0 Å². The van der Waals surface area contributed by atoms with Gasteiger partial charge in [-0.25, -0.2) is 4.79 Å². The zero-order valence-electron chi connectivity index (χ0n) is 12.1. The van der Waals surface area contributed by atoms with Gasteiger partial charge < -0.3 is 21.5 Å². The molecule has 0 radical (unpaired) electrons. The van der Waals surface area contributed by atoms with Crippen molar-refractivity contribution < 1.29 is 14.3 Å². The fraction of sp³-hybridized carbons (Fsp3) is 0.571. The minimum absolute atomic E-state index is 0.107. The number of nitrogens with one attached hydrogen (secondary N) is 1. The van der Waals surface area contributed by atoms with Crippen LogP contribution in [0.25, 0.3) is 0 Å². The number of thiophene rings is 1. The van der Waals surface area contributed by atoms with Crippen molar-refractivity contribution in [3.05, 3.63) is 10.4 Å². The summed E-state index contributed by atoms with van der Waals surface area (Å²) in [7, 11) is 1.28. The van der Waals surface area contributed by atoms with E-state index >= 15 is 0 Å². The summed E-state index contributed by atoms with van der Waals surface area (Å²) < 4.78 is 4.69. The van der Waals surface area contributed by atoms with Gasteiger partial charge in [0.25, 0.3) is 5.91 Å². The van der Waals surface area contributed by atoms with Gasteiger partial charge in [0.2, 0.25) is 0 Å². The summed E-state index contributed by atoms with van der Waals surface area (Å²) >= 11 is 1.14. The molecule has 1 aromatic heterocycles. The molecule has 1 aliphatic rings. The molecular formula is C14H21N3O3S. The van der Waals surface area contributed by atoms with E-state index in [0.29, 0.717) is 5.00 Å². The van der Waals surface area contributed by atoms with Crippen molar-refractivity contribution in [1.82, 2.24) is 0 Å². The highest BCUT2D eigenvalue weighted by molar-refractivity contribution is 7.19. The predicted octanol–water partition coefficient (Wildman–Crippen LogP) is 2.35. The molecule has 0 saturated heterocycles. The average molecular weight is 311 g/mol. The van der Waals surface area contributed by atoms with E-state index in [-0.39, 0.29) is 22.2 Å². The fourth-order valence-electron chi connectivity index (χ4n) is 2.64. The van der Waals surface area contributed by atoms with Crippen molar-refractivity contribution in [2.75, 3.05) is 18.2 Å². The largest absolute Gasteiger partial charge is 0.465 e. The van der Waals surface area contributed by atoms with E-state index in [1.807, 2.05) is 0 Å². The minimum Gasteiger partial charge on any atom is -0.465 e. The number of esters is 1. The lowest BCUT2D eigenvalue weighted by Gasteiger charge is -2.17. The van der Waals surface area contributed by atoms with Crippen LogP contribution in [0.15, 0.2) is 0 Å². The molecule has 0 spiro atoms. The molecule has 5 N–H and O–H groups in total. The standard InChI is InChI=1S/C14H21N3O3S/c1-20-14(19)11-10(15)9(12(16)18)13(21-11)17-8-6-4-2-3-5-7-8/h8,17H,2-7,15H2,1H3,(H2,16,18). The summed E-state index contributed by atoms with van der Waals surface area (Å²) in [5.74, 6) is -1.18. The number of hydrogen-bond acceptors (Lipinski definition) is 6. The molecule has 1 fully saturated rings. The summed E-state index contributed by atoms with van der Waals surface area (Å²) in [5, 5.41) is 3.92. The minimum atomic E-state index is -0.630. The maximum Gasteiger partial charge on any atom is 0.350 e. The highest BCUT2D eigenvalue weighted by Crippen LogP contribution is 2.37. The van der Waals surface area contributed by atoms with E-state index in [9.17, 15) is 9.59 Å². The number of amides is 1. The molecule has 7 heteroatoms. The Labute approximate surface area is 127 Å². The molecule has 6 nitrogen and oxygen atoms in total. The summed E-state index contributed by atoms with van der Waals surface area (Å²) in [6.07, 6.45) is 6.89. The van der Waals surface area contributed by atoms with Crippen LogP contribution in [-0.2, 0) is 4.74 Å². The molecule has 0 aromatic carbocycles. The van der Waals surface area contributed by atoms with E-state index in [4.69, 9.17) is 11.5 Å². The topological polar surface area (TPSA) is 107 Å². The van der Waals surface area contributed by atoms with Crippen LogP contribution in [-0.4, -0.2) is 25.0 Å². The Kier molecular flexibility index (Phi) is 5.06. The van der Waals surface area contributed by atoms with Gasteiger partial charge >= 0.3 is 5.97 Å². The number of anilines is 2. The quantitative estimate of drug-likeness (QED) is 0.584. The Balaban J connectivity index is 2.28. The normalized spacial score (nSPS) is 16.2. The van der Waals surface area contributed by atoms with Gasteiger partial charge in [-0.05, 0) is 12.8 Å². The molecule has 1 aromatic rings. The van der Waals surface area contributed by atoms with E-state index in [1.165, 1.54) is 20.0 Å². The van der Waals surface area contributed by atoms with Crippen molar-refractivity contribution in [2.24, 2.45) is 5.73 Å². The monoisotopic (exact) mass is 311 g/mol. The zero-order valence-corrected chi connectivity index (χ0v) is 12.9. The maximum absolute atomic E-state index is 11.7. The molecule has 1 heterocycles. The van der Waals surface area contributed by atoms with E-state index in [1.54, 1.807) is 0 Å². The van der Waals surface area contributed by atoms with E-state index in [2.05, 4.69) is 10.1 Å². The van der Waals surface area contributed by atoms with Crippen LogP contribution in [0.2, 0.25) is 0 Å². The van der Waals surface area contributed by atoms with Gasteiger partial charge in [0.1, 0.15) is 9.88 Å². The van der Waals surface area contributed by atoms with Gasteiger partial charge in [-0.3, -0.25) is 4.79 Å². The number of ether oxygens (including phenoxy) is 1. The molecule has 1 aliphatic carbocycles. The highest BCUT2D eigenvalue weighted by Gasteiger charge is 2.26. The Morgan fingerprint density at radius 2 is 1.86 bits per heavy atom. The number of nitrogen functional groups attached to an aromatic ring is 1. The molecule has 1 saturated carbocycles. The molecule has 21 heavy (non-hydrogen) atoms. The number of primary amides is 1. The van der Waals surface area contributed by atoms with Crippen molar-refractivity contribution in [2.45, 2.75) is 44.6 Å². The van der Waals surface area contributed by atoms with Crippen molar-refractivity contribution in [1.29, 1.82) is 0 Å². The van der Waals surface area contributed by atoms with Crippen LogP contribution in [0.4, 0.5) is 10.7 Å². The van der Waals surface area contributed by atoms with Gasteiger partial charge in [-0.1, -0.05) is 25.7 Å². The average Bonchev–Trinajstić information content (AvgIpc) is 2.63. The molecular weight excluding hydrogens is 290 g/mol. The Morgan fingerprint density at radius 1 is 1.24 bits per heavy atom. The summed E-state index contributed by atoms with van der Waals surface area (Å²) in [6.45, 7) is 0. The third-order valence-corrected chi connectivity index (χ3v) is 4.87. The number of carbonyl (C=O) groups excluding carboxylic acids is 2. The Morgan fingerprint density at radius 3 is 2.38 bits per heavy atom. The number of rotatable bonds is 4. The first-order chi connectivity index (χ1) is 10.0. The number of carbonyl (C=O) groups is 2. The summed E-state index contributed by atoms with van der Waals surface area (Å²) in [4.78, 5) is 23.6. The van der Waals surface area contributed by atoms with Gasteiger partial charge in [-0.15, -0.1) is 11.3 Å². The Hall–Kier alpha value is -1.76. The first-order valence-corrected chi connectivity index (χ1v) is 7.93. The Bertz CT molecular complexity index is 534. The lowest BCUT2D eigenvalue weighted by molar-refractivity contribution is 0.0607. The SMILES string of the molecule is COC(=O)c1sc(NC2CCCCCC2)c(C(N)=O)c1N. The molecule has 0 unspecified atom stereocenters. The second-order valence-electron chi connectivity index (χ2n) is 5.24. The molecule has 0 bridgehead atoms. The molecule has 2 rings (SSSR count). The smallest absolute Gasteiger partial charge is 0.350 e. The third-order valence-electron chi connectivity index (χ3n) is 3.75. The van der Waals surface area contributed by atoms with Crippen molar-refractivity contribution >= 4 is 33.9 Å². The lowest BCUT2D eigenvalue weighted by Crippen LogP contribution is -2.21. The van der Waals surface area contributed by atoms with Crippen LogP contribution >= 0.6 is 11.3 Å². The van der Waals surface area contributed by atoms with Gasteiger partial charge in [0.15, 0.2) is 0 Å². The highest BCUT2D eigenvalue weighted by atomic mass is 32.1. The van der Waals surface area contributed by atoms with Gasteiger partial charge in [-0.2, -0.15) is 0 Å². The van der Waals surface area contributed by atoms with E-state index in [0.717, 1.165) is 37.0 Å². The number of methoxy groups -OCH3 is 1. The predicted molar refractivity (Wildman–Crippen MR) is 83.7 cm³/mol. The summed E-state index contributed by atoms with van der Waals surface area (Å²) in [6, 6.07) is 0.286. The molecule has 116 valence electrons. The van der Waals surface area contributed by atoms with Crippen molar-refractivity contribution in [3.8, 4) is 0 Å². The summed E-state index contributed by atoms with van der Waals surface area (Å²) in [5.41, 5.74) is 11.6. The number of hydrogen-bond donors (Lipinski definition) is 3. The molecule has 0 aliphatic heterocycles. The van der Waals surface area contributed by atoms with E-state index < -0.39 is 11.9 Å². The molecule has 1 amide bonds. The van der Waals surface area contributed by atoms with Crippen LogP contribution in [0.3, 0.4) is 0 Å². The fourth-order valence-corrected chi connectivity index (χ4v) is 3.76. The van der Waals surface area contributed by atoms with Crippen LogP contribution in [0.1, 0.15) is 58.6 Å². The van der Waals surface area contributed by atoms with Gasteiger partial charge in [0, 0.05) is 6.04 Å². The number of nitrogens with two attached hydrogens (primary N) is 2. The molecule has 0 atom stereocenters. The zero-order chi connectivity index (χ0) is 15.4. The van der Waals surface area contributed by atoms with Crippen molar-refractivity contribution in [3.63, 3.8) is 0 Å². The second kappa shape index (κ2) is 6.80.